The lowest BCUT2D eigenvalue weighted by Crippen LogP contribution is -2.02. The fourth-order valence-electron chi connectivity index (χ4n) is 2.61. The van der Waals surface area contributed by atoms with E-state index >= 15 is 0 Å². The molecule has 28 heavy (non-hydrogen) atoms. The highest BCUT2D eigenvalue weighted by Crippen LogP contribution is 2.39. The van der Waals surface area contributed by atoms with Gasteiger partial charge in [-0.1, -0.05) is 23.8 Å². The smallest absolute Gasteiger partial charge is 0.193 e. The van der Waals surface area contributed by atoms with Crippen molar-refractivity contribution in [2.24, 2.45) is 0 Å². The second-order valence-corrected chi connectivity index (χ2v) is 6.42. The number of allylic oxidation sites excluding steroid dienone is 3. The van der Waals surface area contributed by atoms with Crippen LogP contribution in [0.2, 0.25) is 0 Å². The van der Waals surface area contributed by atoms with E-state index in [0.717, 1.165) is 5.57 Å². The van der Waals surface area contributed by atoms with Gasteiger partial charge in [0.15, 0.2) is 12.1 Å². The van der Waals surface area contributed by atoms with Crippen molar-refractivity contribution in [1.82, 2.24) is 0 Å². The maximum Gasteiger partial charge on any atom is 0.193 e. The molecule has 146 valence electrons. The van der Waals surface area contributed by atoms with Crippen LogP contribution in [0.1, 0.15) is 45.7 Å². The molecule has 6 nitrogen and oxygen atoms in total. The van der Waals surface area contributed by atoms with Crippen molar-refractivity contribution in [3.8, 4) is 23.0 Å². The molecule has 0 aliphatic heterocycles. The van der Waals surface area contributed by atoms with E-state index in [4.69, 9.17) is 4.74 Å². The maximum absolute atomic E-state index is 12.7. The number of phenols is 3. The van der Waals surface area contributed by atoms with E-state index in [2.05, 4.69) is 0 Å². The van der Waals surface area contributed by atoms with Crippen molar-refractivity contribution in [3.63, 3.8) is 0 Å². The molecule has 0 fully saturated rings. The van der Waals surface area contributed by atoms with Gasteiger partial charge in [-0.15, -0.1) is 0 Å². The minimum Gasteiger partial charge on any atom is -0.507 e. The summed E-state index contributed by atoms with van der Waals surface area (Å²) in [5, 5.41) is 30.3. The van der Waals surface area contributed by atoms with Gasteiger partial charge in [0.25, 0.3) is 0 Å². The summed E-state index contributed by atoms with van der Waals surface area (Å²) in [6.45, 7) is 3.77. The number of ketones is 1. The number of rotatable bonds is 7. The second kappa shape index (κ2) is 8.90. The Kier molecular flexibility index (Phi) is 6.60. The number of carbonyl (C=O) groups is 2. The Morgan fingerprint density at radius 3 is 2.43 bits per heavy atom. The molecule has 2 aromatic carbocycles. The first kappa shape index (κ1) is 20.8. The van der Waals surface area contributed by atoms with Crippen molar-refractivity contribution in [1.29, 1.82) is 0 Å². The van der Waals surface area contributed by atoms with E-state index in [9.17, 15) is 24.9 Å². The number of benzene rings is 2. The third-order valence-corrected chi connectivity index (χ3v) is 4.13. The minimum absolute atomic E-state index is 0.0462. The van der Waals surface area contributed by atoms with Crippen molar-refractivity contribution in [2.45, 2.75) is 20.3 Å². The van der Waals surface area contributed by atoms with Gasteiger partial charge in [0.2, 0.25) is 0 Å². The zero-order valence-corrected chi connectivity index (χ0v) is 15.9. The average Bonchev–Trinajstić information content (AvgIpc) is 2.66. The number of methoxy groups -OCH3 is 1. The van der Waals surface area contributed by atoms with Gasteiger partial charge in [0.05, 0.1) is 12.7 Å². The molecule has 2 aromatic rings. The molecule has 0 spiro atoms. The van der Waals surface area contributed by atoms with Crippen LogP contribution < -0.4 is 4.74 Å². The number of aromatic hydroxyl groups is 3. The molecule has 0 bridgehead atoms. The quantitative estimate of drug-likeness (QED) is 0.289. The Morgan fingerprint density at radius 1 is 1.11 bits per heavy atom. The van der Waals surface area contributed by atoms with Crippen LogP contribution in [0, 0.1) is 0 Å². The molecule has 0 saturated carbocycles. The largest absolute Gasteiger partial charge is 0.507 e. The van der Waals surface area contributed by atoms with Gasteiger partial charge < -0.3 is 20.1 Å². The van der Waals surface area contributed by atoms with Crippen LogP contribution in [0.5, 0.6) is 23.0 Å². The molecule has 0 atom stereocenters. The first-order valence-corrected chi connectivity index (χ1v) is 8.54. The van der Waals surface area contributed by atoms with Gasteiger partial charge in [-0.2, -0.15) is 0 Å². The van der Waals surface area contributed by atoms with Gasteiger partial charge in [-0.25, -0.2) is 0 Å². The van der Waals surface area contributed by atoms with Crippen LogP contribution >= 0.6 is 0 Å². The molecule has 3 N–H and O–H groups in total. The Bertz CT molecular complexity index is 965. The van der Waals surface area contributed by atoms with Crippen LogP contribution in [-0.4, -0.2) is 34.5 Å². The monoisotopic (exact) mass is 382 g/mol. The van der Waals surface area contributed by atoms with E-state index in [1.54, 1.807) is 6.07 Å². The predicted molar refractivity (Wildman–Crippen MR) is 106 cm³/mol. The molecule has 0 aromatic heterocycles. The number of carbonyl (C=O) groups excluding carboxylic acids is 2. The second-order valence-electron chi connectivity index (χ2n) is 6.42. The molecular formula is C22H22O6. The standard InChI is InChI=1S/C22H22O6/c1-13(2)4-7-16-19(26)11-20(28-3)21(22(16)27)18(25)9-6-14-5-8-17(24)15(10-14)12-23/h4-6,8-12,24,26-27H,7H2,1-3H3/b9-6+. The van der Waals surface area contributed by atoms with Crippen LogP contribution in [0.25, 0.3) is 6.08 Å². The lowest BCUT2D eigenvalue weighted by atomic mass is 9.99. The lowest BCUT2D eigenvalue weighted by molar-refractivity contribution is 0.104. The summed E-state index contributed by atoms with van der Waals surface area (Å²) in [6.07, 6.45) is 5.27. The summed E-state index contributed by atoms with van der Waals surface area (Å²) in [5.74, 6) is -1.15. The predicted octanol–water partition coefficient (Wildman–Crippen LogP) is 4.03. The number of ether oxygens (including phenoxy) is 1. The van der Waals surface area contributed by atoms with Crippen LogP contribution in [-0.2, 0) is 6.42 Å². The zero-order valence-electron chi connectivity index (χ0n) is 15.9. The Balaban J connectivity index is 2.44. The van der Waals surface area contributed by atoms with Crippen molar-refractivity contribution in [3.05, 3.63) is 64.2 Å². The zero-order chi connectivity index (χ0) is 20.8. The molecule has 0 aliphatic rings. The van der Waals surface area contributed by atoms with Crippen molar-refractivity contribution < 1.29 is 29.6 Å². The molecule has 0 saturated heterocycles. The van der Waals surface area contributed by atoms with E-state index in [1.165, 1.54) is 37.5 Å². The van der Waals surface area contributed by atoms with E-state index < -0.39 is 5.78 Å². The Labute approximate surface area is 163 Å². The third kappa shape index (κ3) is 4.59. The summed E-state index contributed by atoms with van der Waals surface area (Å²) in [7, 11) is 1.33. The van der Waals surface area contributed by atoms with E-state index in [-0.39, 0.29) is 46.1 Å². The van der Waals surface area contributed by atoms with Gasteiger partial charge in [-0.3, -0.25) is 9.59 Å². The first-order chi connectivity index (χ1) is 13.3. The first-order valence-electron chi connectivity index (χ1n) is 8.54. The van der Waals surface area contributed by atoms with E-state index in [0.29, 0.717) is 11.8 Å². The summed E-state index contributed by atoms with van der Waals surface area (Å²) in [4.78, 5) is 23.6. The Hall–Kier alpha value is -3.54. The summed E-state index contributed by atoms with van der Waals surface area (Å²) in [5.41, 5.74) is 1.79. The topological polar surface area (TPSA) is 104 Å². The highest BCUT2D eigenvalue weighted by atomic mass is 16.5. The molecule has 0 heterocycles. The van der Waals surface area contributed by atoms with Crippen molar-refractivity contribution in [2.75, 3.05) is 7.11 Å². The molecule has 0 unspecified atom stereocenters. The molecule has 0 aliphatic carbocycles. The molecular weight excluding hydrogens is 360 g/mol. The lowest BCUT2D eigenvalue weighted by Gasteiger charge is -2.13. The molecule has 2 rings (SSSR count). The number of hydrogen-bond acceptors (Lipinski definition) is 6. The fourth-order valence-corrected chi connectivity index (χ4v) is 2.61. The molecule has 0 amide bonds. The number of aldehydes is 1. The highest BCUT2D eigenvalue weighted by Gasteiger charge is 2.21. The summed E-state index contributed by atoms with van der Waals surface area (Å²) in [6, 6.07) is 5.62. The fraction of sp³-hybridized carbons (Fsp3) is 0.182. The average molecular weight is 382 g/mol. The minimum atomic E-state index is -0.534. The van der Waals surface area contributed by atoms with Gasteiger partial charge >= 0.3 is 0 Å². The summed E-state index contributed by atoms with van der Waals surface area (Å²) < 4.78 is 5.14. The van der Waals surface area contributed by atoms with Gasteiger partial charge in [-0.05, 0) is 44.0 Å². The van der Waals surface area contributed by atoms with E-state index in [1.807, 2.05) is 19.9 Å². The van der Waals surface area contributed by atoms with Crippen LogP contribution in [0.15, 0.2) is 42.0 Å². The number of phenolic OH excluding ortho intramolecular Hbond substituents is 3. The highest BCUT2D eigenvalue weighted by molar-refractivity contribution is 6.11. The number of hydrogen-bond donors (Lipinski definition) is 3. The normalized spacial score (nSPS) is 10.7. The van der Waals surface area contributed by atoms with Crippen molar-refractivity contribution >= 4 is 18.1 Å². The van der Waals surface area contributed by atoms with Gasteiger partial charge in [0, 0.05) is 11.6 Å². The Morgan fingerprint density at radius 2 is 1.82 bits per heavy atom. The van der Waals surface area contributed by atoms with Crippen LogP contribution in [0.4, 0.5) is 0 Å². The third-order valence-electron chi connectivity index (χ3n) is 4.13. The maximum atomic E-state index is 12.7. The SMILES string of the molecule is COc1cc(O)c(CC=C(C)C)c(O)c1C(=O)/C=C/c1ccc(O)c(C=O)c1. The summed E-state index contributed by atoms with van der Waals surface area (Å²) >= 11 is 0. The molecule has 0 radical (unpaired) electrons. The van der Waals surface area contributed by atoms with Gasteiger partial charge in [0.1, 0.15) is 28.6 Å². The molecule has 6 heteroatoms. The van der Waals surface area contributed by atoms with Crippen LogP contribution in [0.3, 0.4) is 0 Å².